The number of benzene rings is 3. The summed E-state index contributed by atoms with van der Waals surface area (Å²) in [4.78, 5) is 18.3. The van der Waals surface area contributed by atoms with Crippen molar-refractivity contribution in [2.75, 3.05) is 11.9 Å². The van der Waals surface area contributed by atoms with Crippen LogP contribution in [0.3, 0.4) is 0 Å². The Morgan fingerprint density at radius 2 is 1.67 bits per heavy atom. The number of carbonyl (C=O) groups is 1. The second-order valence-corrected chi connectivity index (χ2v) is 10.3. The van der Waals surface area contributed by atoms with Gasteiger partial charge in [0.05, 0.1) is 12.2 Å². The van der Waals surface area contributed by atoms with Crippen molar-refractivity contribution in [3.63, 3.8) is 0 Å². The standard InChI is InChI=1S/C31H32N4O3S/c1-3-4-19-37-26-17-15-25(16-18-26)28-27(29(36)38-20-23-11-7-5-8-12-23)22(2)32-30-33-31(34-35(28)30)39-21-24-13-9-6-10-14-24/h5-18,28H,3-4,19-21H2,1-2H3,(H,32,33,34). The molecular weight excluding hydrogens is 508 g/mol. The van der Waals surface area contributed by atoms with Crippen LogP contribution in [0.2, 0.25) is 0 Å². The molecule has 4 aromatic rings. The van der Waals surface area contributed by atoms with Gasteiger partial charge in [-0.15, -0.1) is 5.10 Å². The van der Waals surface area contributed by atoms with Crippen LogP contribution in [0.1, 0.15) is 49.4 Å². The minimum Gasteiger partial charge on any atom is -0.494 e. The predicted molar refractivity (Wildman–Crippen MR) is 154 cm³/mol. The molecule has 2 heterocycles. The van der Waals surface area contributed by atoms with Crippen LogP contribution in [0.5, 0.6) is 5.75 Å². The van der Waals surface area contributed by atoms with Gasteiger partial charge in [0.2, 0.25) is 11.1 Å². The van der Waals surface area contributed by atoms with E-state index >= 15 is 0 Å². The Morgan fingerprint density at radius 1 is 0.974 bits per heavy atom. The van der Waals surface area contributed by atoms with E-state index in [-0.39, 0.29) is 6.61 Å². The summed E-state index contributed by atoms with van der Waals surface area (Å²) >= 11 is 1.56. The highest BCUT2D eigenvalue weighted by atomic mass is 32.2. The largest absolute Gasteiger partial charge is 0.494 e. The Kier molecular flexibility index (Phi) is 8.63. The van der Waals surface area contributed by atoms with Gasteiger partial charge in [-0.3, -0.25) is 0 Å². The Hall–Kier alpha value is -4.04. The van der Waals surface area contributed by atoms with Gasteiger partial charge in [0.15, 0.2) is 0 Å². The number of fused-ring (bicyclic) bond motifs is 1. The van der Waals surface area contributed by atoms with Gasteiger partial charge in [-0.05, 0) is 42.2 Å². The zero-order valence-electron chi connectivity index (χ0n) is 22.2. The molecule has 0 amide bonds. The molecule has 7 nitrogen and oxygen atoms in total. The minimum atomic E-state index is -0.493. The maximum Gasteiger partial charge on any atom is 0.338 e. The molecule has 1 aromatic heterocycles. The Morgan fingerprint density at radius 3 is 2.36 bits per heavy atom. The molecule has 0 spiro atoms. The van der Waals surface area contributed by atoms with Crippen LogP contribution in [-0.4, -0.2) is 27.3 Å². The molecule has 8 heteroatoms. The number of allylic oxidation sites excluding steroid dienone is 1. The average molecular weight is 541 g/mol. The van der Waals surface area contributed by atoms with E-state index in [9.17, 15) is 4.79 Å². The van der Waals surface area contributed by atoms with Gasteiger partial charge >= 0.3 is 5.97 Å². The molecule has 1 unspecified atom stereocenters. The van der Waals surface area contributed by atoms with Crippen molar-refractivity contribution in [2.45, 2.75) is 50.2 Å². The number of anilines is 1. The molecule has 1 atom stereocenters. The summed E-state index contributed by atoms with van der Waals surface area (Å²) in [5.41, 5.74) is 4.22. The van der Waals surface area contributed by atoms with Crippen molar-refractivity contribution in [1.82, 2.24) is 14.8 Å². The summed E-state index contributed by atoms with van der Waals surface area (Å²) in [6.07, 6.45) is 2.08. The Labute approximate surface area is 233 Å². The van der Waals surface area contributed by atoms with Crippen molar-refractivity contribution in [2.24, 2.45) is 0 Å². The lowest BCUT2D eigenvalue weighted by molar-refractivity contribution is -0.140. The van der Waals surface area contributed by atoms with Crippen LogP contribution in [0.15, 0.2) is 101 Å². The number of ether oxygens (including phenoxy) is 2. The maximum atomic E-state index is 13.5. The number of aromatic nitrogens is 3. The molecule has 0 saturated heterocycles. The number of nitrogens with zero attached hydrogens (tertiary/aromatic N) is 3. The number of unbranched alkanes of at least 4 members (excludes halogenated alkanes) is 1. The SMILES string of the molecule is CCCCOc1ccc(C2C(C(=O)OCc3ccccc3)=C(C)Nc3nc(SCc4ccccc4)nn32)cc1. The first-order chi connectivity index (χ1) is 19.1. The first-order valence-electron chi connectivity index (χ1n) is 13.2. The van der Waals surface area contributed by atoms with Crippen molar-refractivity contribution < 1.29 is 14.3 Å². The number of carbonyl (C=O) groups excluding carboxylic acids is 1. The number of hydrogen-bond acceptors (Lipinski definition) is 7. The number of nitrogens with one attached hydrogen (secondary N) is 1. The molecule has 0 aliphatic carbocycles. The highest BCUT2D eigenvalue weighted by Gasteiger charge is 2.35. The van der Waals surface area contributed by atoms with Crippen LogP contribution in [-0.2, 0) is 21.9 Å². The van der Waals surface area contributed by atoms with Gasteiger partial charge in [-0.1, -0.05) is 97.9 Å². The average Bonchev–Trinajstić information content (AvgIpc) is 3.38. The highest BCUT2D eigenvalue weighted by molar-refractivity contribution is 7.98. The fourth-order valence-corrected chi connectivity index (χ4v) is 5.15. The molecular formula is C31H32N4O3S. The molecule has 0 saturated carbocycles. The molecule has 5 rings (SSSR count). The third-order valence-electron chi connectivity index (χ3n) is 6.44. The van der Waals surface area contributed by atoms with Gasteiger partial charge in [0.25, 0.3) is 0 Å². The van der Waals surface area contributed by atoms with Gasteiger partial charge in [0, 0.05) is 11.4 Å². The number of hydrogen-bond donors (Lipinski definition) is 1. The first kappa shape index (κ1) is 26.6. The molecule has 0 radical (unpaired) electrons. The van der Waals surface area contributed by atoms with E-state index in [1.54, 1.807) is 16.4 Å². The van der Waals surface area contributed by atoms with Crippen LogP contribution < -0.4 is 10.1 Å². The fraction of sp³-hybridized carbons (Fsp3) is 0.258. The monoisotopic (exact) mass is 540 g/mol. The van der Waals surface area contributed by atoms with Gasteiger partial charge < -0.3 is 14.8 Å². The van der Waals surface area contributed by atoms with Crippen LogP contribution >= 0.6 is 11.8 Å². The highest BCUT2D eigenvalue weighted by Crippen LogP contribution is 2.37. The number of thioether (sulfide) groups is 1. The summed E-state index contributed by atoms with van der Waals surface area (Å²) in [5, 5.41) is 8.74. The lowest BCUT2D eigenvalue weighted by Crippen LogP contribution is -2.29. The van der Waals surface area contributed by atoms with Crippen molar-refractivity contribution in [3.05, 3.63) is 113 Å². The van der Waals surface area contributed by atoms with Gasteiger partial charge in [-0.2, -0.15) is 4.98 Å². The molecule has 0 bridgehead atoms. The van der Waals surface area contributed by atoms with Gasteiger partial charge in [-0.25, -0.2) is 9.48 Å². The molecule has 1 aliphatic heterocycles. The molecule has 0 fully saturated rings. The van der Waals surface area contributed by atoms with Crippen LogP contribution in [0.4, 0.5) is 5.95 Å². The zero-order valence-corrected chi connectivity index (χ0v) is 23.0. The summed E-state index contributed by atoms with van der Waals surface area (Å²) in [5.74, 6) is 1.75. The van der Waals surface area contributed by atoms with E-state index < -0.39 is 12.0 Å². The molecule has 1 aliphatic rings. The van der Waals surface area contributed by atoms with E-state index in [4.69, 9.17) is 19.6 Å². The maximum absolute atomic E-state index is 13.5. The lowest BCUT2D eigenvalue weighted by atomic mass is 9.95. The minimum absolute atomic E-state index is 0.190. The smallest absolute Gasteiger partial charge is 0.338 e. The predicted octanol–water partition coefficient (Wildman–Crippen LogP) is 6.78. The fourth-order valence-electron chi connectivity index (χ4n) is 4.37. The van der Waals surface area contributed by atoms with E-state index in [1.165, 1.54) is 5.56 Å². The second kappa shape index (κ2) is 12.7. The lowest BCUT2D eigenvalue weighted by Gasteiger charge is -2.28. The number of esters is 1. The first-order valence-corrected chi connectivity index (χ1v) is 14.2. The van der Waals surface area contributed by atoms with Crippen LogP contribution in [0.25, 0.3) is 0 Å². The Balaban J connectivity index is 1.43. The molecule has 39 heavy (non-hydrogen) atoms. The van der Waals surface area contributed by atoms with E-state index in [0.717, 1.165) is 35.5 Å². The summed E-state index contributed by atoms with van der Waals surface area (Å²) in [6.45, 7) is 4.88. The molecule has 200 valence electrons. The van der Waals surface area contributed by atoms with E-state index in [2.05, 4.69) is 24.4 Å². The third-order valence-corrected chi connectivity index (χ3v) is 7.35. The summed E-state index contributed by atoms with van der Waals surface area (Å²) in [7, 11) is 0. The van der Waals surface area contributed by atoms with Gasteiger partial charge in [0.1, 0.15) is 18.4 Å². The summed E-state index contributed by atoms with van der Waals surface area (Å²) < 4.78 is 13.4. The normalized spacial score (nSPS) is 14.5. The topological polar surface area (TPSA) is 78.3 Å². The number of rotatable bonds is 11. The van der Waals surface area contributed by atoms with Crippen molar-refractivity contribution >= 4 is 23.7 Å². The quantitative estimate of drug-likeness (QED) is 0.128. The van der Waals surface area contributed by atoms with Crippen LogP contribution in [0, 0.1) is 0 Å². The second-order valence-electron chi connectivity index (χ2n) is 9.34. The molecule has 3 aromatic carbocycles. The Bertz CT molecular complexity index is 1420. The zero-order chi connectivity index (χ0) is 27.0. The van der Waals surface area contributed by atoms with E-state index in [1.807, 2.05) is 79.7 Å². The molecule has 1 N–H and O–H groups in total. The van der Waals surface area contributed by atoms with Crippen molar-refractivity contribution in [3.8, 4) is 5.75 Å². The van der Waals surface area contributed by atoms with E-state index in [0.29, 0.717) is 29.0 Å². The summed E-state index contributed by atoms with van der Waals surface area (Å²) in [6, 6.07) is 27.2. The van der Waals surface area contributed by atoms with Crippen molar-refractivity contribution in [1.29, 1.82) is 0 Å². The third kappa shape index (κ3) is 6.52.